The molecule has 1 aromatic carbocycles. The summed E-state index contributed by atoms with van der Waals surface area (Å²) in [5.41, 5.74) is 1.25. The van der Waals surface area contributed by atoms with Crippen molar-refractivity contribution < 1.29 is 4.39 Å². The lowest BCUT2D eigenvalue weighted by molar-refractivity contribution is 0.555. The van der Waals surface area contributed by atoms with E-state index >= 15 is 0 Å². The maximum Gasteiger partial charge on any atom is 0.123 e. The SMILES string of the molecule is CCNCC(CCCSCC)c1ccc(F)cc1. The van der Waals surface area contributed by atoms with Gasteiger partial charge in [-0.3, -0.25) is 0 Å². The first kappa shape index (κ1) is 15.5. The van der Waals surface area contributed by atoms with Crippen molar-refractivity contribution >= 4 is 11.8 Å². The second-order valence-electron chi connectivity index (χ2n) is 4.40. The molecule has 102 valence electrons. The zero-order valence-corrected chi connectivity index (χ0v) is 12.2. The van der Waals surface area contributed by atoms with E-state index in [2.05, 4.69) is 19.2 Å². The van der Waals surface area contributed by atoms with E-state index in [-0.39, 0.29) is 5.82 Å². The van der Waals surface area contributed by atoms with E-state index < -0.39 is 0 Å². The highest BCUT2D eigenvalue weighted by Gasteiger charge is 2.10. The van der Waals surface area contributed by atoms with Gasteiger partial charge in [0.25, 0.3) is 0 Å². The number of benzene rings is 1. The van der Waals surface area contributed by atoms with Gasteiger partial charge < -0.3 is 5.32 Å². The van der Waals surface area contributed by atoms with E-state index in [1.807, 2.05) is 23.9 Å². The van der Waals surface area contributed by atoms with Crippen molar-refractivity contribution in [3.8, 4) is 0 Å². The summed E-state index contributed by atoms with van der Waals surface area (Å²) in [6.07, 6.45) is 2.40. The van der Waals surface area contributed by atoms with Gasteiger partial charge in [0.15, 0.2) is 0 Å². The van der Waals surface area contributed by atoms with Crippen LogP contribution in [0.4, 0.5) is 4.39 Å². The number of hydrogen-bond acceptors (Lipinski definition) is 2. The molecule has 0 spiro atoms. The normalized spacial score (nSPS) is 12.6. The summed E-state index contributed by atoms with van der Waals surface area (Å²) in [7, 11) is 0. The molecule has 18 heavy (non-hydrogen) atoms. The van der Waals surface area contributed by atoms with Crippen molar-refractivity contribution in [1.29, 1.82) is 0 Å². The van der Waals surface area contributed by atoms with Gasteiger partial charge in [-0.2, -0.15) is 11.8 Å². The summed E-state index contributed by atoms with van der Waals surface area (Å²) in [6, 6.07) is 6.97. The summed E-state index contributed by atoms with van der Waals surface area (Å²) in [5, 5.41) is 3.40. The van der Waals surface area contributed by atoms with Crippen LogP contribution in [0.5, 0.6) is 0 Å². The van der Waals surface area contributed by atoms with Crippen molar-refractivity contribution in [3.05, 3.63) is 35.6 Å². The quantitative estimate of drug-likeness (QED) is 0.679. The summed E-state index contributed by atoms with van der Waals surface area (Å²) < 4.78 is 12.9. The van der Waals surface area contributed by atoms with Gasteiger partial charge in [-0.25, -0.2) is 4.39 Å². The molecule has 1 aromatic rings. The number of likely N-dealkylation sites (N-methyl/N-ethyl adjacent to an activating group) is 1. The summed E-state index contributed by atoms with van der Waals surface area (Å²) in [6.45, 7) is 6.29. The molecule has 0 fully saturated rings. The van der Waals surface area contributed by atoms with Crippen LogP contribution < -0.4 is 5.32 Å². The minimum absolute atomic E-state index is 0.150. The summed E-state index contributed by atoms with van der Waals surface area (Å²) in [5.74, 6) is 2.76. The van der Waals surface area contributed by atoms with Crippen molar-refractivity contribution in [2.75, 3.05) is 24.6 Å². The van der Waals surface area contributed by atoms with Crippen LogP contribution in [0.15, 0.2) is 24.3 Å². The number of rotatable bonds is 9. The van der Waals surface area contributed by atoms with Crippen LogP contribution >= 0.6 is 11.8 Å². The fraction of sp³-hybridized carbons (Fsp3) is 0.600. The van der Waals surface area contributed by atoms with E-state index in [1.54, 1.807) is 12.1 Å². The topological polar surface area (TPSA) is 12.0 Å². The van der Waals surface area contributed by atoms with Gasteiger partial charge in [0.05, 0.1) is 0 Å². The Morgan fingerprint density at radius 3 is 2.56 bits per heavy atom. The Bertz CT molecular complexity index is 313. The predicted molar refractivity (Wildman–Crippen MR) is 79.9 cm³/mol. The Morgan fingerprint density at radius 2 is 1.94 bits per heavy atom. The molecule has 0 aliphatic carbocycles. The highest BCUT2D eigenvalue weighted by atomic mass is 32.2. The molecular formula is C15H24FNS. The van der Waals surface area contributed by atoms with Crippen LogP contribution in [-0.4, -0.2) is 24.6 Å². The zero-order valence-electron chi connectivity index (χ0n) is 11.4. The lowest BCUT2D eigenvalue weighted by Crippen LogP contribution is -2.21. The molecule has 3 heteroatoms. The molecule has 0 aliphatic heterocycles. The first-order chi connectivity index (χ1) is 8.77. The maximum atomic E-state index is 12.9. The summed E-state index contributed by atoms with van der Waals surface area (Å²) >= 11 is 1.99. The fourth-order valence-corrected chi connectivity index (χ4v) is 2.68. The van der Waals surface area contributed by atoms with Crippen LogP contribution in [0, 0.1) is 5.82 Å². The van der Waals surface area contributed by atoms with Gasteiger partial charge in [0, 0.05) is 6.54 Å². The number of hydrogen-bond donors (Lipinski definition) is 1. The van der Waals surface area contributed by atoms with Gasteiger partial charge in [0.2, 0.25) is 0 Å². The van der Waals surface area contributed by atoms with Crippen LogP contribution in [0.3, 0.4) is 0 Å². The molecule has 0 aromatic heterocycles. The lowest BCUT2D eigenvalue weighted by Gasteiger charge is -2.17. The molecule has 1 nitrogen and oxygen atoms in total. The Hall–Kier alpha value is -0.540. The van der Waals surface area contributed by atoms with E-state index in [0.29, 0.717) is 5.92 Å². The smallest absolute Gasteiger partial charge is 0.123 e. The molecule has 0 saturated carbocycles. The predicted octanol–water partition coefficient (Wildman–Crippen LogP) is 4.05. The second kappa shape index (κ2) is 9.40. The largest absolute Gasteiger partial charge is 0.316 e. The molecule has 0 radical (unpaired) electrons. The average molecular weight is 269 g/mol. The first-order valence-electron chi connectivity index (χ1n) is 6.81. The van der Waals surface area contributed by atoms with Crippen LogP contribution in [0.1, 0.15) is 38.2 Å². The molecule has 0 aliphatic rings. The average Bonchev–Trinajstić information content (AvgIpc) is 2.39. The van der Waals surface area contributed by atoms with E-state index in [9.17, 15) is 4.39 Å². The summed E-state index contributed by atoms with van der Waals surface area (Å²) in [4.78, 5) is 0. The lowest BCUT2D eigenvalue weighted by atomic mass is 9.94. The van der Waals surface area contributed by atoms with Crippen LogP contribution in [0.25, 0.3) is 0 Å². The molecule has 1 N–H and O–H groups in total. The Morgan fingerprint density at radius 1 is 1.22 bits per heavy atom. The second-order valence-corrected chi connectivity index (χ2v) is 5.79. The third-order valence-electron chi connectivity index (χ3n) is 3.03. The molecule has 0 heterocycles. The standard InChI is InChI=1S/C15H24FNS/c1-3-17-12-14(6-5-11-18-4-2)13-7-9-15(16)10-8-13/h7-10,14,17H,3-6,11-12H2,1-2H3. The zero-order chi connectivity index (χ0) is 13.2. The molecule has 0 bridgehead atoms. The van der Waals surface area contributed by atoms with Crippen molar-refractivity contribution in [3.63, 3.8) is 0 Å². The van der Waals surface area contributed by atoms with Crippen molar-refractivity contribution in [1.82, 2.24) is 5.32 Å². The minimum atomic E-state index is -0.150. The maximum absolute atomic E-state index is 12.9. The van der Waals surface area contributed by atoms with E-state index in [1.165, 1.54) is 29.9 Å². The fourth-order valence-electron chi connectivity index (χ4n) is 2.02. The Labute approximate surface area is 115 Å². The molecule has 1 unspecified atom stereocenters. The van der Waals surface area contributed by atoms with Crippen molar-refractivity contribution in [2.45, 2.75) is 32.6 Å². The monoisotopic (exact) mass is 269 g/mol. The molecule has 1 rings (SSSR count). The van der Waals surface area contributed by atoms with Gasteiger partial charge >= 0.3 is 0 Å². The number of nitrogens with one attached hydrogen (secondary N) is 1. The number of thioether (sulfide) groups is 1. The Kier molecular flexibility index (Phi) is 8.10. The Balaban J connectivity index is 2.51. The van der Waals surface area contributed by atoms with Crippen molar-refractivity contribution in [2.24, 2.45) is 0 Å². The van der Waals surface area contributed by atoms with Crippen LogP contribution in [-0.2, 0) is 0 Å². The molecule has 0 amide bonds. The molecule has 0 saturated heterocycles. The third-order valence-corrected chi connectivity index (χ3v) is 4.01. The van der Waals surface area contributed by atoms with Gasteiger partial charge in [-0.05, 0) is 54.5 Å². The van der Waals surface area contributed by atoms with Gasteiger partial charge in [-0.1, -0.05) is 26.0 Å². The first-order valence-corrected chi connectivity index (χ1v) is 7.97. The van der Waals surface area contributed by atoms with Gasteiger partial charge in [0.1, 0.15) is 5.82 Å². The van der Waals surface area contributed by atoms with E-state index in [4.69, 9.17) is 0 Å². The van der Waals surface area contributed by atoms with E-state index in [0.717, 1.165) is 13.1 Å². The van der Waals surface area contributed by atoms with Gasteiger partial charge in [-0.15, -0.1) is 0 Å². The highest BCUT2D eigenvalue weighted by Crippen LogP contribution is 2.22. The highest BCUT2D eigenvalue weighted by molar-refractivity contribution is 7.99. The molecule has 1 atom stereocenters. The minimum Gasteiger partial charge on any atom is -0.316 e. The third kappa shape index (κ3) is 5.87. The molecular weight excluding hydrogens is 245 g/mol. The van der Waals surface area contributed by atoms with Crippen LogP contribution in [0.2, 0.25) is 0 Å². The number of halogens is 1.